The molecule has 6 heteroatoms. The van der Waals surface area contributed by atoms with Crippen molar-refractivity contribution in [1.82, 2.24) is 5.32 Å². The Morgan fingerprint density at radius 1 is 1.19 bits per heavy atom. The van der Waals surface area contributed by atoms with Crippen LogP contribution >= 0.6 is 23.4 Å². The van der Waals surface area contributed by atoms with E-state index in [2.05, 4.69) is 5.32 Å². The van der Waals surface area contributed by atoms with Crippen molar-refractivity contribution in [3.05, 3.63) is 28.8 Å². The molecule has 0 saturated heterocycles. The van der Waals surface area contributed by atoms with Crippen LogP contribution in [-0.4, -0.2) is 42.3 Å². The van der Waals surface area contributed by atoms with Gasteiger partial charge in [-0.2, -0.15) is 11.8 Å². The van der Waals surface area contributed by atoms with Crippen molar-refractivity contribution in [2.75, 3.05) is 31.3 Å². The lowest BCUT2D eigenvalue weighted by molar-refractivity contribution is 0.0944. The second-order valence-corrected chi connectivity index (χ2v) is 8.73. The molecule has 27 heavy (non-hydrogen) atoms. The molecular formula is C21H32ClNO3S. The van der Waals surface area contributed by atoms with Gasteiger partial charge in [0.2, 0.25) is 0 Å². The molecule has 2 N–H and O–H groups in total. The fraction of sp³-hybridized carbons (Fsp3) is 0.667. The van der Waals surface area contributed by atoms with Crippen LogP contribution in [0.3, 0.4) is 0 Å². The van der Waals surface area contributed by atoms with Crippen LogP contribution in [0.25, 0.3) is 0 Å². The van der Waals surface area contributed by atoms with Crippen LogP contribution in [0.4, 0.5) is 0 Å². The number of halogens is 1. The molecule has 1 saturated carbocycles. The number of amides is 1. The lowest BCUT2D eigenvalue weighted by Crippen LogP contribution is -2.30. The number of carbonyl (C=O) groups is 1. The number of benzene rings is 1. The second-order valence-electron chi connectivity index (χ2n) is 7.10. The minimum Gasteiger partial charge on any atom is -0.493 e. The number of carbonyl (C=O) groups excluding carboxylic acids is 1. The summed E-state index contributed by atoms with van der Waals surface area (Å²) in [5, 5.41) is 12.3. The molecule has 1 fully saturated rings. The Labute approximate surface area is 172 Å². The fourth-order valence-corrected chi connectivity index (χ4v) is 4.27. The van der Waals surface area contributed by atoms with Gasteiger partial charge in [0, 0.05) is 18.9 Å². The lowest BCUT2D eigenvalue weighted by atomic mass is 9.91. The minimum absolute atomic E-state index is 0.121. The van der Waals surface area contributed by atoms with Gasteiger partial charge in [0.1, 0.15) is 5.75 Å². The van der Waals surface area contributed by atoms with E-state index in [0.717, 1.165) is 24.5 Å². The largest absolute Gasteiger partial charge is 0.493 e. The molecule has 0 aliphatic heterocycles. The number of hydrogen-bond acceptors (Lipinski definition) is 4. The maximum Gasteiger partial charge on any atom is 0.252 e. The summed E-state index contributed by atoms with van der Waals surface area (Å²) in [6, 6.07) is 5.25. The highest BCUT2D eigenvalue weighted by molar-refractivity contribution is 7.99. The van der Waals surface area contributed by atoms with E-state index in [4.69, 9.17) is 21.4 Å². The Morgan fingerprint density at radius 2 is 1.93 bits per heavy atom. The van der Waals surface area contributed by atoms with E-state index in [9.17, 15) is 4.79 Å². The Bertz CT molecular complexity index is 562. The smallest absolute Gasteiger partial charge is 0.252 e. The van der Waals surface area contributed by atoms with Crippen LogP contribution in [0, 0.1) is 5.92 Å². The van der Waals surface area contributed by atoms with Gasteiger partial charge >= 0.3 is 0 Å². The van der Waals surface area contributed by atoms with Crippen LogP contribution in [0.2, 0.25) is 5.02 Å². The Hall–Kier alpha value is -0.910. The van der Waals surface area contributed by atoms with Crippen molar-refractivity contribution >= 4 is 29.3 Å². The summed E-state index contributed by atoms with van der Waals surface area (Å²) in [7, 11) is 0. The molecule has 0 bridgehead atoms. The van der Waals surface area contributed by atoms with Crippen LogP contribution in [0.5, 0.6) is 5.75 Å². The topological polar surface area (TPSA) is 58.6 Å². The first-order chi connectivity index (χ1) is 13.2. The van der Waals surface area contributed by atoms with Crippen molar-refractivity contribution in [2.24, 2.45) is 5.92 Å². The predicted molar refractivity (Wildman–Crippen MR) is 114 cm³/mol. The Morgan fingerprint density at radius 3 is 2.67 bits per heavy atom. The second kappa shape index (κ2) is 13.3. The molecule has 0 atom stereocenters. The van der Waals surface area contributed by atoms with Crippen molar-refractivity contribution in [3.8, 4) is 5.75 Å². The van der Waals surface area contributed by atoms with E-state index in [0.29, 0.717) is 28.9 Å². The van der Waals surface area contributed by atoms with Gasteiger partial charge < -0.3 is 15.2 Å². The minimum atomic E-state index is -0.121. The first-order valence-electron chi connectivity index (χ1n) is 10.1. The highest BCUT2D eigenvalue weighted by Crippen LogP contribution is 2.24. The van der Waals surface area contributed by atoms with E-state index in [1.54, 1.807) is 30.0 Å². The molecule has 152 valence electrons. The molecule has 1 aliphatic rings. The highest BCUT2D eigenvalue weighted by Gasteiger charge is 2.16. The van der Waals surface area contributed by atoms with Crippen LogP contribution < -0.4 is 10.1 Å². The van der Waals surface area contributed by atoms with Gasteiger partial charge in [0.25, 0.3) is 5.91 Å². The SMILES string of the molecule is O=C(NCC1CCCCCCC1)c1cc(OCCSCCCO)ccc1Cl. The van der Waals surface area contributed by atoms with Crippen molar-refractivity contribution in [1.29, 1.82) is 0 Å². The van der Waals surface area contributed by atoms with Crippen molar-refractivity contribution < 1.29 is 14.6 Å². The fourth-order valence-electron chi connectivity index (χ4n) is 3.33. The number of rotatable bonds is 10. The summed E-state index contributed by atoms with van der Waals surface area (Å²) in [4.78, 5) is 12.6. The Kier molecular flexibility index (Phi) is 11.0. The first kappa shape index (κ1) is 22.4. The maximum atomic E-state index is 12.6. The van der Waals surface area contributed by atoms with Gasteiger partial charge in [-0.25, -0.2) is 0 Å². The van der Waals surface area contributed by atoms with Gasteiger partial charge in [-0.3, -0.25) is 4.79 Å². The monoisotopic (exact) mass is 413 g/mol. The van der Waals surface area contributed by atoms with Crippen LogP contribution in [0.15, 0.2) is 18.2 Å². The number of aliphatic hydroxyl groups is 1. The molecule has 0 spiro atoms. The third kappa shape index (κ3) is 8.75. The molecule has 0 radical (unpaired) electrons. The summed E-state index contributed by atoms with van der Waals surface area (Å²) in [5.41, 5.74) is 0.480. The van der Waals surface area contributed by atoms with Gasteiger partial charge in [-0.05, 0) is 49.1 Å². The van der Waals surface area contributed by atoms with Crippen LogP contribution in [-0.2, 0) is 0 Å². The molecule has 4 nitrogen and oxygen atoms in total. The molecule has 0 aromatic heterocycles. The molecule has 1 aliphatic carbocycles. The Balaban J connectivity index is 1.80. The normalized spacial score (nSPS) is 15.8. The number of nitrogens with one attached hydrogen (secondary N) is 1. The van der Waals surface area contributed by atoms with E-state index >= 15 is 0 Å². The third-order valence-corrected chi connectivity index (χ3v) is 6.26. The summed E-state index contributed by atoms with van der Waals surface area (Å²) in [6.45, 7) is 1.52. The summed E-state index contributed by atoms with van der Waals surface area (Å²) in [5.74, 6) is 2.90. The average molecular weight is 414 g/mol. The van der Waals surface area contributed by atoms with Gasteiger partial charge in [0.05, 0.1) is 17.2 Å². The van der Waals surface area contributed by atoms with E-state index in [-0.39, 0.29) is 12.5 Å². The zero-order valence-corrected chi connectivity index (χ0v) is 17.6. The number of hydrogen-bond donors (Lipinski definition) is 2. The lowest BCUT2D eigenvalue weighted by Gasteiger charge is -2.20. The number of aliphatic hydroxyl groups excluding tert-OH is 1. The molecule has 0 heterocycles. The molecule has 2 rings (SSSR count). The molecular weight excluding hydrogens is 382 g/mol. The average Bonchev–Trinajstić information content (AvgIpc) is 2.64. The molecule has 1 amide bonds. The zero-order chi connectivity index (χ0) is 19.3. The summed E-state index contributed by atoms with van der Waals surface area (Å²) < 4.78 is 5.73. The zero-order valence-electron chi connectivity index (χ0n) is 16.1. The quantitative estimate of drug-likeness (QED) is 0.534. The first-order valence-corrected chi connectivity index (χ1v) is 11.6. The van der Waals surface area contributed by atoms with E-state index < -0.39 is 0 Å². The van der Waals surface area contributed by atoms with Crippen molar-refractivity contribution in [2.45, 2.75) is 51.4 Å². The molecule has 1 aromatic carbocycles. The number of thioether (sulfide) groups is 1. The molecule has 0 unspecified atom stereocenters. The molecule has 1 aromatic rings. The summed E-state index contributed by atoms with van der Waals surface area (Å²) in [6.07, 6.45) is 9.71. The van der Waals surface area contributed by atoms with Crippen molar-refractivity contribution in [3.63, 3.8) is 0 Å². The van der Waals surface area contributed by atoms with Gasteiger partial charge in [0.15, 0.2) is 0 Å². The van der Waals surface area contributed by atoms with Crippen LogP contribution in [0.1, 0.15) is 61.7 Å². The van der Waals surface area contributed by atoms with Gasteiger partial charge in [-0.1, -0.05) is 43.7 Å². The maximum absolute atomic E-state index is 12.6. The standard InChI is InChI=1S/C21H32ClNO3S/c22-20-10-9-18(26-12-14-27-13-6-11-24)15-19(20)21(25)23-16-17-7-4-2-1-3-5-8-17/h9-10,15,17,24H,1-8,11-14,16H2,(H,23,25). The third-order valence-electron chi connectivity index (χ3n) is 4.90. The summed E-state index contributed by atoms with van der Waals surface area (Å²) >= 11 is 7.98. The number of ether oxygens (including phenoxy) is 1. The van der Waals surface area contributed by atoms with E-state index in [1.165, 1.54) is 44.9 Å². The van der Waals surface area contributed by atoms with E-state index in [1.807, 2.05) is 0 Å². The highest BCUT2D eigenvalue weighted by atomic mass is 35.5. The van der Waals surface area contributed by atoms with Gasteiger partial charge in [-0.15, -0.1) is 0 Å². The predicted octanol–water partition coefficient (Wildman–Crippen LogP) is 4.92.